The Morgan fingerprint density at radius 1 is 1.04 bits per heavy atom. The fourth-order valence-electron chi connectivity index (χ4n) is 2.02. The van der Waals surface area contributed by atoms with E-state index in [0.29, 0.717) is 5.69 Å². The van der Waals surface area contributed by atoms with E-state index in [1.807, 2.05) is 6.07 Å². The van der Waals surface area contributed by atoms with Crippen LogP contribution >= 0.6 is 23.2 Å². The van der Waals surface area contributed by atoms with E-state index in [1.165, 1.54) is 30.1 Å². The molecule has 2 rings (SSSR count). The Balaban J connectivity index is 2.20. The quantitative estimate of drug-likeness (QED) is 0.791. The number of benzene rings is 2. The highest BCUT2D eigenvalue weighted by molar-refractivity contribution is 7.89. The second-order valence-electron chi connectivity index (χ2n) is 5.12. The van der Waals surface area contributed by atoms with Crippen LogP contribution in [0.25, 0.3) is 0 Å². The van der Waals surface area contributed by atoms with E-state index >= 15 is 0 Å². The van der Waals surface area contributed by atoms with Gasteiger partial charge in [-0.15, -0.1) is 0 Å². The van der Waals surface area contributed by atoms with Crippen LogP contribution in [-0.4, -0.2) is 39.3 Å². The lowest BCUT2D eigenvalue weighted by molar-refractivity contribution is -0.118. The minimum Gasteiger partial charge on any atom is -0.314 e. The number of nitrogens with zero attached hydrogens (tertiary/aromatic N) is 2. The summed E-state index contributed by atoms with van der Waals surface area (Å²) in [5, 5.41) is 0.300. The molecule has 0 radical (unpaired) electrons. The number of likely N-dealkylation sites (N-methyl/N-ethyl adjacent to an activating group) is 2. The van der Waals surface area contributed by atoms with E-state index in [-0.39, 0.29) is 27.4 Å². The summed E-state index contributed by atoms with van der Waals surface area (Å²) in [5.41, 5.74) is 0.675. The molecule has 0 aliphatic rings. The topological polar surface area (TPSA) is 57.7 Å². The molecule has 0 bridgehead atoms. The average Bonchev–Trinajstić information content (AvgIpc) is 2.56. The van der Waals surface area contributed by atoms with E-state index in [2.05, 4.69) is 0 Å². The molecule has 2 aromatic rings. The molecule has 8 heteroatoms. The van der Waals surface area contributed by atoms with Crippen molar-refractivity contribution in [3.05, 3.63) is 58.6 Å². The summed E-state index contributed by atoms with van der Waals surface area (Å²) in [4.78, 5) is 13.6. The molecule has 24 heavy (non-hydrogen) atoms. The molecule has 0 N–H and O–H groups in total. The number of para-hydroxylation sites is 1. The van der Waals surface area contributed by atoms with Crippen molar-refractivity contribution in [2.45, 2.75) is 4.90 Å². The first kappa shape index (κ1) is 18.7. The van der Waals surface area contributed by atoms with Crippen LogP contribution in [0.3, 0.4) is 0 Å². The number of sulfonamides is 1. The minimum atomic E-state index is -3.93. The van der Waals surface area contributed by atoms with Gasteiger partial charge in [-0.1, -0.05) is 41.4 Å². The summed E-state index contributed by atoms with van der Waals surface area (Å²) in [6, 6.07) is 13.1. The molecule has 2 aromatic carbocycles. The largest absolute Gasteiger partial charge is 0.314 e. The lowest BCUT2D eigenvalue weighted by Crippen LogP contribution is -2.39. The van der Waals surface area contributed by atoms with Gasteiger partial charge in [0.25, 0.3) is 0 Å². The molecule has 0 aliphatic heterocycles. The maximum atomic E-state index is 12.6. The molecule has 5 nitrogen and oxygen atoms in total. The highest BCUT2D eigenvalue weighted by atomic mass is 35.5. The molecular weight excluding hydrogens is 371 g/mol. The molecular formula is C16H16Cl2N2O3S. The van der Waals surface area contributed by atoms with Gasteiger partial charge in [0, 0.05) is 24.8 Å². The minimum absolute atomic E-state index is 0.0510. The van der Waals surface area contributed by atoms with Crippen LogP contribution in [-0.2, 0) is 14.8 Å². The molecule has 0 atom stereocenters. The Labute approximate surface area is 151 Å². The first-order valence-electron chi connectivity index (χ1n) is 6.96. The van der Waals surface area contributed by atoms with Gasteiger partial charge in [-0.25, -0.2) is 8.42 Å². The SMILES string of the molecule is CN(C(=O)CN(C)S(=O)(=O)c1cc(Cl)ccc1Cl)c1ccccc1. The number of rotatable bonds is 5. The van der Waals surface area contributed by atoms with E-state index in [1.54, 1.807) is 31.3 Å². The van der Waals surface area contributed by atoms with Crippen molar-refractivity contribution >= 4 is 44.8 Å². The van der Waals surface area contributed by atoms with Crippen molar-refractivity contribution in [3.63, 3.8) is 0 Å². The van der Waals surface area contributed by atoms with E-state index in [4.69, 9.17) is 23.2 Å². The van der Waals surface area contributed by atoms with Crippen LogP contribution in [0, 0.1) is 0 Å². The standard InChI is InChI=1S/C16H16Cl2N2O3S/c1-19(11-16(21)20(2)13-6-4-3-5-7-13)24(22,23)15-10-12(17)8-9-14(15)18/h3-10H,11H2,1-2H3. The zero-order valence-electron chi connectivity index (χ0n) is 13.1. The average molecular weight is 387 g/mol. The molecule has 0 fully saturated rings. The van der Waals surface area contributed by atoms with Crippen LogP contribution in [0.2, 0.25) is 10.0 Å². The van der Waals surface area contributed by atoms with Crippen molar-refractivity contribution in [1.29, 1.82) is 0 Å². The molecule has 0 spiro atoms. The van der Waals surface area contributed by atoms with Gasteiger partial charge >= 0.3 is 0 Å². The summed E-state index contributed by atoms with van der Waals surface area (Å²) in [6.07, 6.45) is 0. The van der Waals surface area contributed by atoms with Crippen LogP contribution in [0.1, 0.15) is 0 Å². The Morgan fingerprint density at radius 2 is 1.67 bits per heavy atom. The van der Waals surface area contributed by atoms with E-state index in [9.17, 15) is 13.2 Å². The van der Waals surface area contributed by atoms with Gasteiger partial charge in [0.2, 0.25) is 15.9 Å². The molecule has 128 valence electrons. The second kappa shape index (κ2) is 7.53. The molecule has 0 aliphatic carbocycles. The maximum Gasteiger partial charge on any atom is 0.244 e. The smallest absolute Gasteiger partial charge is 0.244 e. The van der Waals surface area contributed by atoms with E-state index < -0.39 is 10.0 Å². The van der Waals surface area contributed by atoms with Gasteiger partial charge in [0.15, 0.2) is 0 Å². The van der Waals surface area contributed by atoms with Gasteiger partial charge < -0.3 is 4.90 Å². The molecule has 0 unspecified atom stereocenters. The summed E-state index contributed by atoms with van der Waals surface area (Å²) in [6.45, 7) is -0.323. The summed E-state index contributed by atoms with van der Waals surface area (Å²) in [5.74, 6) is -0.370. The zero-order valence-corrected chi connectivity index (χ0v) is 15.4. The van der Waals surface area contributed by atoms with Crippen molar-refractivity contribution in [2.75, 3.05) is 25.5 Å². The van der Waals surface area contributed by atoms with Gasteiger partial charge in [0.1, 0.15) is 4.90 Å². The Morgan fingerprint density at radius 3 is 2.29 bits per heavy atom. The van der Waals surface area contributed by atoms with Crippen molar-refractivity contribution < 1.29 is 13.2 Å². The lowest BCUT2D eigenvalue weighted by Gasteiger charge is -2.22. The number of hydrogen-bond acceptors (Lipinski definition) is 3. The van der Waals surface area contributed by atoms with Crippen LogP contribution < -0.4 is 4.90 Å². The molecule has 0 saturated heterocycles. The fourth-order valence-corrected chi connectivity index (χ4v) is 3.87. The Bertz CT molecular complexity index is 842. The summed E-state index contributed by atoms with van der Waals surface area (Å²) < 4.78 is 26.2. The maximum absolute atomic E-state index is 12.6. The Kier molecular flexibility index (Phi) is 5.87. The van der Waals surface area contributed by atoms with Crippen molar-refractivity contribution in [2.24, 2.45) is 0 Å². The van der Waals surface area contributed by atoms with Gasteiger partial charge in [-0.05, 0) is 30.3 Å². The van der Waals surface area contributed by atoms with Crippen LogP contribution in [0.5, 0.6) is 0 Å². The molecule has 0 heterocycles. The van der Waals surface area contributed by atoms with Gasteiger partial charge in [-0.3, -0.25) is 4.79 Å². The number of carbonyl (C=O) groups is 1. The number of anilines is 1. The van der Waals surface area contributed by atoms with E-state index in [0.717, 1.165) is 4.31 Å². The third kappa shape index (κ3) is 4.08. The number of amides is 1. The summed E-state index contributed by atoms with van der Waals surface area (Å²) >= 11 is 11.8. The Hall–Kier alpha value is -1.60. The zero-order chi connectivity index (χ0) is 17.9. The monoisotopic (exact) mass is 386 g/mol. The highest BCUT2D eigenvalue weighted by Crippen LogP contribution is 2.27. The number of hydrogen-bond donors (Lipinski definition) is 0. The fraction of sp³-hybridized carbons (Fsp3) is 0.188. The molecule has 0 saturated carbocycles. The predicted molar refractivity (Wildman–Crippen MR) is 96.1 cm³/mol. The van der Waals surface area contributed by atoms with Gasteiger partial charge in [0.05, 0.1) is 11.6 Å². The van der Waals surface area contributed by atoms with Crippen LogP contribution in [0.4, 0.5) is 5.69 Å². The normalized spacial score (nSPS) is 11.5. The molecule has 0 aromatic heterocycles. The second-order valence-corrected chi connectivity index (χ2v) is 7.98. The first-order chi connectivity index (χ1) is 11.2. The van der Waals surface area contributed by atoms with Crippen LogP contribution in [0.15, 0.2) is 53.4 Å². The third-order valence-electron chi connectivity index (χ3n) is 3.46. The van der Waals surface area contributed by atoms with Crippen molar-refractivity contribution in [3.8, 4) is 0 Å². The summed E-state index contributed by atoms with van der Waals surface area (Å²) in [7, 11) is -1.02. The first-order valence-corrected chi connectivity index (χ1v) is 9.16. The highest BCUT2D eigenvalue weighted by Gasteiger charge is 2.27. The number of carbonyl (C=O) groups excluding carboxylic acids is 1. The van der Waals surface area contributed by atoms with Crippen molar-refractivity contribution in [1.82, 2.24) is 4.31 Å². The predicted octanol–water partition coefficient (Wildman–Crippen LogP) is 3.28. The lowest BCUT2D eigenvalue weighted by atomic mass is 10.3. The third-order valence-corrected chi connectivity index (χ3v) is 5.98. The molecule has 1 amide bonds. The van der Waals surface area contributed by atoms with Gasteiger partial charge in [-0.2, -0.15) is 4.31 Å². The number of halogens is 2.